The van der Waals surface area contributed by atoms with Crippen molar-refractivity contribution in [1.82, 2.24) is 10.2 Å². The van der Waals surface area contributed by atoms with Crippen LogP contribution in [0.3, 0.4) is 0 Å². The van der Waals surface area contributed by atoms with Crippen LogP contribution in [-0.2, 0) is 4.74 Å². The zero-order valence-corrected chi connectivity index (χ0v) is 12.4. The first-order valence-electron chi connectivity index (χ1n) is 7.72. The summed E-state index contributed by atoms with van der Waals surface area (Å²) < 4.78 is 5.84. The third-order valence-corrected chi connectivity index (χ3v) is 4.47. The predicted molar refractivity (Wildman–Crippen MR) is 75.9 cm³/mol. The van der Waals surface area contributed by atoms with E-state index in [9.17, 15) is 0 Å². The van der Waals surface area contributed by atoms with Crippen LogP contribution in [0.1, 0.15) is 46.5 Å². The van der Waals surface area contributed by atoms with Gasteiger partial charge in [-0.25, -0.2) is 0 Å². The van der Waals surface area contributed by atoms with E-state index in [0.29, 0.717) is 17.6 Å². The second-order valence-electron chi connectivity index (χ2n) is 6.44. The molecule has 1 aliphatic carbocycles. The third-order valence-electron chi connectivity index (χ3n) is 4.47. The Kier molecular flexibility index (Phi) is 5.05. The SMILES string of the molecule is CCNCC1(CN2CC(C)OC(C)C2)CCCC1. The molecule has 2 atom stereocenters. The van der Waals surface area contributed by atoms with Crippen LogP contribution in [0.25, 0.3) is 0 Å². The van der Waals surface area contributed by atoms with Gasteiger partial charge in [0.05, 0.1) is 12.2 Å². The lowest BCUT2D eigenvalue weighted by Gasteiger charge is -2.41. The average molecular weight is 254 g/mol. The molecule has 18 heavy (non-hydrogen) atoms. The molecule has 1 N–H and O–H groups in total. The molecule has 3 nitrogen and oxygen atoms in total. The molecule has 2 aliphatic rings. The lowest BCUT2D eigenvalue weighted by Crippen LogP contribution is -2.51. The summed E-state index contributed by atoms with van der Waals surface area (Å²) in [6.07, 6.45) is 6.43. The second kappa shape index (κ2) is 6.36. The minimum absolute atomic E-state index is 0.395. The van der Waals surface area contributed by atoms with Gasteiger partial charge < -0.3 is 10.1 Å². The zero-order chi connectivity index (χ0) is 13.0. The van der Waals surface area contributed by atoms with Crippen molar-refractivity contribution in [3.05, 3.63) is 0 Å². The van der Waals surface area contributed by atoms with Gasteiger partial charge in [0, 0.05) is 26.2 Å². The highest BCUT2D eigenvalue weighted by molar-refractivity contribution is 4.90. The van der Waals surface area contributed by atoms with Crippen LogP contribution < -0.4 is 5.32 Å². The van der Waals surface area contributed by atoms with Gasteiger partial charge in [-0.3, -0.25) is 4.90 Å². The van der Waals surface area contributed by atoms with E-state index in [1.807, 2.05) is 0 Å². The molecular weight excluding hydrogens is 224 g/mol. The van der Waals surface area contributed by atoms with E-state index in [1.54, 1.807) is 0 Å². The number of nitrogens with one attached hydrogen (secondary N) is 1. The first-order chi connectivity index (χ1) is 8.63. The predicted octanol–water partition coefficient (Wildman–Crippen LogP) is 2.27. The van der Waals surface area contributed by atoms with Gasteiger partial charge in [-0.15, -0.1) is 0 Å². The fraction of sp³-hybridized carbons (Fsp3) is 1.00. The van der Waals surface area contributed by atoms with Crippen LogP contribution in [0.5, 0.6) is 0 Å². The number of morpholine rings is 1. The fourth-order valence-electron chi connectivity index (χ4n) is 3.79. The molecule has 1 aliphatic heterocycles. The molecule has 0 bridgehead atoms. The number of rotatable bonds is 5. The normalized spacial score (nSPS) is 32.8. The highest BCUT2D eigenvalue weighted by Crippen LogP contribution is 2.38. The van der Waals surface area contributed by atoms with Gasteiger partial charge in [-0.1, -0.05) is 19.8 Å². The molecular formula is C15H30N2O. The Hall–Kier alpha value is -0.120. The summed E-state index contributed by atoms with van der Waals surface area (Å²) in [5.74, 6) is 0. The highest BCUT2D eigenvalue weighted by Gasteiger charge is 2.36. The summed E-state index contributed by atoms with van der Waals surface area (Å²) in [5, 5.41) is 3.59. The molecule has 1 saturated carbocycles. The Balaban J connectivity index is 1.91. The van der Waals surface area contributed by atoms with E-state index in [0.717, 1.165) is 19.6 Å². The molecule has 0 amide bonds. The number of nitrogens with zero attached hydrogens (tertiary/aromatic N) is 1. The van der Waals surface area contributed by atoms with Gasteiger partial charge in [0.2, 0.25) is 0 Å². The Morgan fingerprint density at radius 2 is 1.78 bits per heavy atom. The van der Waals surface area contributed by atoms with Crippen LogP contribution in [-0.4, -0.2) is 49.8 Å². The molecule has 3 heteroatoms. The Morgan fingerprint density at radius 3 is 2.33 bits per heavy atom. The van der Waals surface area contributed by atoms with Crippen molar-refractivity contribution >= 4 is 0 Å². The van der Waals surface area contributed by atoms with Crippen molar-refractivity contribution in [2.75, 3.05) is 32.7 Å². The summed E-state index contributed by atoms with van der Waals surface area (Å²) in [6.45, 7) is 12.4. The quantitative estimate of drug-likeness (QED) is 0.814. The second-order valence-corrected chi connectivity index (χ2v) is 6.44. The number of hydrogen-bond donors (Lipinski definition) is 1. The largest absolute Gasteiger partial charge is 0.373 e. The van der Waals surface area contributed by atoms with Gasteiger partial charge >= 0.3 is 0 Å². The average Bonchev–Trinajstić information content (AvgIpc) is 2.74. The summed E-state index contributed by atoms with van der Waals surface area (Å²) >= 11 is 0. The third kappa shape index (κ3) is 3.69. The van der Waals surface area contributed by atoms with E-state index in [4.69, 9.17) is 4.74 Å². The maximum atomic E-state index is 5.84. The molecule has 0 radical (unpaired) electrons. The van der Waals surface area contributed by atoms with E-state index >= 15 is 0 Å². The van der Waals surface area contributed by atoms with Crippen molar-refractivity contribution in [3.63, 3.8) is 0 Å². The Labute approximate surface area is 112 Å². The van der Waals surface area contributed by atoms with Gasteiger partial charge in [0.25, 0.3) is 0 Å². The molecule has 0 spiro atoms. The van der Waals surface area contributed by atoms with Crippen LogP contribution in [0.2, 0.25) is 0 Å². The maximum absolute atomic E-state index is 5.84. The molecule has 106 valence electrons. The summed E-state index contributed by atoms with van der Waals surface area (Å²) in [7, 11) is 0. The minimum Gasteiger partial charge on any atom is -0.373 e. The highest BCUT2D eigenvalue weighted by atomic mass is 16.5. The molecule has 2 unspecified atom stereocenters. The minimum atomic E-state index is 0.395. The fourth-order valence-corrected chi connectivity index (χ4v) is 3.79. The monoisotopic (exact) mass is 254 g/mol. The molecule has 1 saturated heterocycles. The summed E-state index contributed by atoms with van der Waals surface area (Å²) in [4.78, 5) is 2.64. The Morgan fingerprint density at radius 1 is 1.17 bits per heavy atom. The smallest absolute Gasteiger partial charge is 0.0678 e. The summed E-state index contributed by atoms with van der Waals surface area (Å²) in [5.41, 5.74) is 0.535. The standard InChI is InChI=1S/C15H30N2O/c1-4-16-11-15(7-5-6-8-15)12-17-9-13(2)18-14(3)10-17/h13-14,16H,4-12H2,1-3H3. The molecule has 0 aromatic carbocycles. The molecule has 1 heterocycles. The van der Waals surface area contributed by atoms with Crippen LogP contribution in [0.15, 0.2) is 0 Å². The molecule has 0 aromatic heterocycles. The molecule has 0 aromatic rings. The first kappa shape index (κ1) is 14.3. The van der Waals surface area contributed by atoms with Gasteiger partial charge in [-0.05, 0) is 38.6 Å². The topological polar surface area (TPSA) is 24.5 Å². The van der Waals surface area contributed by atoms with Crippen molar-refractivity contribution in [1.29, 1.82) is 0 Å². The van der Waals surface area contributed by atoms with E-state index in [2.05, 4.69) is 31.0 Å². The van der Waals surface area contributed by atoms with Crippen molar-refractivity contribution in [2.24, 2.45) is 5.41 Å². The van der Waals surface area contributed by atoms with Crippen LogP contribution >= 0.6 is 0 Å². The van der Waals surface area contributed by atoms with Crippen LogP contribution in [0, 0.1) is 5.41 Å². The molecule has 2 rings (SSSR count). The van der Waals surface area contributed by atoms with Gasteiger partial charge in [-0.2, -0.15) is 0 Å². The number of ether oxygens (including phenoxy) is 1. The number of hydrogen-bond acceptors (Lipinski definition) is 3. The van der Waals surface area contributed by atoms with Crippen molar-refractivity contribution in [2.45, 2.75) is 58.7 Å². The maximum Gasteiger partial charge on any atom is 0.0678 e. The lowest BCUT2D eigenvalue weighted by atomic mass is 9.85. The van der Waals surface area contributed by atoms with Gasteiger partial charge in [0.15, 0.2) is 0 Å². The lowest BCUT2D eigenvalue weighted by molar-refractivity contribution is -0.0773. The summed E-state index contributed by atoms with van der Waals surface area (Å²) in [6, 6.07) is 0. The van der Waals surface area contributed by atoms with E-state index < -0.39 is 0 Å². The van der Waals surface area contributed by atoms with Crippen LogP contribution in [0.4, 0.5) is 0 Å². The van der Waals surface area contributed by atoms with E-state index in [-0.39, 0.29) is 0 Å². The van der Waals surface area contributed by atoms with E-state index in [1.165, 1.54) is 38.8 Å². The van der Waals surface area contributed by atoms with Crippen molar-refractivity contribution < 1.29 is 4.74 Å². The first-order valence-corrected chi connectivity index (χ1v) is 7.72. The van der Waals surface area contributed by atoms with Crippen molar-refractivity contribution in [3.8, 4) is 0 Å². The zero-order valence-electron chi connectivity index (χ0n) is 12.4. The Bertz CT molecular complexity index is 241. The molecule has 2 fully saturated rings. The van der Waals surface area contributed by atoms with Gasteiger partial charge in [0.1, 0.15) is 0 Å².